The van der Waals surface area contributed by atoms with Crippen molar-refractivity contribution in [2.45, 2.75) is 0 Å². The molecule has 5 heteroatoms. The summed E-state index contributed by atoms with van der Waals surface area (Å²) in [5, 5.41) is 17.9. The SMILES string of the molecule is NC(=O)C=Cc1ccc(O)c(C(=O)O)c1. The van der Waals surface area contributed by atoms with Gasteiger partial charge in [-0.1, -0.05) is 6.07 Å². The number of carbonyl (C=O) groups excluding carboxylic acids is 1. The molecule has 78 valence electrons. The molecule has 0 aromatic heterocycles. The minimum atomic E-state index is -1.23. The third-order valence-electron chi connectivity index (χ3n) is 1.69. The molecule has 1 aromatic rings. The molecule has 1 rings (SSSR count). The smallest absolute Gasteiger partial charge is 0.339 e. The third kappa shape index (κ3) is 2.84. The number of rotatable bonds is 3. The molecule has 0 atom stereocenters. The molecule has 0 heterocycles. The number of hydrogen-bond donors (Lipinski definition) is 3. The molecule has 0 saturated carbocycles. The highest BCUT2D eigenvalue weighted by molar-refractivity contribution is 5.93. The van der Waals surface area contributed by atoms with E-state index in [1.54, 1.807) is 0 Å². The summed E-state index contributed by atoms with van der Waals surface area (Å²) in [6, 6.07) is 3.96. The van der Waals surface area contributed by atoms with Gasteiger partial charge in [-0.25, -0.2) is 4.79 Å². The molecule has 1 aromatic carbocycles. The zero-order valence-electron chi connectivity index (χ0n) is 7.68. The minimum Gasteiger partial charge on any atom is -0.507 e. The van der Waals surface area contributed by atoms with Gasteiger partial charge in [-0.15, -0.1) is 0 Å². The lowest BCUT2D eigenvalue weighted by molar-refractivity contribution is -0.113. The van der Waals surface area contributed by atoms with Crippen LogP contribution in [0.5, 0.6) is 5.75 Å². The largest absolute Gasteiger partial charge is 0.507 e. The van der Waals surface area contributed by atoms with Crippen molar-refractivity contribution in [2.24, 2.45) is 5.73 Å². The molecule has 0 spiro atoms. The van der Waals surface area contributed by atoms with Gasteiger partial charge in [-0.3, -0.25) is 4.79 Å². The van der Waals surface area contributed by atoms with E-state index in [1.807, 2.05) is 0 Å². The Balaban J connectivity index is 3.08. The van der Waals surface area contributed by atoms with Gasteiger partial charge in [0.2, 0.25) is 5.91 Å². The lowest BCUT2D eigenvalue weighted by atomic mass is 10.1. The number of nitrogens with two attached hydrogens (primary N) is 1. The second-order valence-electron chi connectivity index (χ2n) is 2.82. The van der Waals surface area contributed by atoms with Crippen molar-refractivity contribution in [3.63, 3.8) is 0 Å². The maximum Gasteiger partial charge on any atom is 0.339 e. The summed E-state index contributed by atoms with van der Waals surface area (Å²) in [6.45, 7) is 0. The van der Waals surface area contributed by atoms with E-state index in [0.29, 0.717) is 5.56 Å². The van der Waals surface area contributed by atoms with Crippen LogP contribution in [-0.4, -0.2) is 22.1 Å². The first-order chi connectivity index (χ1) is 7.00. The second kappa shape index (κ2) is 4.28. The predicted molar refractivity (Wildman–Crippen MR) is 53.3 cm³/mol. The van der Waals surface area contributed by atoms with Gasteiger partial charge >= 0.3 is 5.97 Å². The molecule has 0 saturated heterocycles. The maximum atomic E-state index is 10.6. The number of aromatic hydroxyl groups is 1. The van der Waals surface area contributed by atoms with Crippen LogP contribution in [0.4, 0.5) is 0 Å². The fourth-order valence-corrected chi connectivity index (χ4v) is 1.01. The number of carboxylic acids is 1. The van der Waals surface area contributed by atoms with Crippen molar-refractivity contribution in [3.8, 4) is 5.75 Å². The van der Waals surface area contributed by atoms with Crippen LogP contribution in [0.2, 0.25) is 0 Å². The fourth-order valence-electron chi connectivity index (χ4n) is 1.01. The Hall–Kier alpha value is -2.30. The van der Waals surface area contributed by atoms with Gasteiger partial charge in [-0.05, 0) is 23.8 Å². The van der Waals surface area contributed by atoms with Crippen LogP contribution in [0.3, 0.4) is 0 Å². The van der Waals surface area contributed by atoms with Gasteiger partial charge in [0.25, 0.3) is 0 Å². The van der Waals surface area contributed by atoms with E-state index >= 15 is 0 Å². The van der Waals surface area contributed by atoms with Gasteiger partial charge in [0.1, 0.15) is 11.3 Å². The highest BCUT2D eigenvalue weighted by atomic mass is 16.4. The van der Waals surface area contributed by atoms with Crippen molar-refractivity contribution in [1.82, 2.24) is 0 Å². The van der Waals surface area contributed by atoms with Crippen LogP contribution in [0.15, 0.2) is 24.3 Å². The summed E-state index contributed by atoms with van der Waals surface area (Å²) in [6.07, 6.45) is 2.48. The molecule has 0 aliphatic rings. The van der Waals surface area contributed by atoms with E-state index in [2.05, 4.69) is 0 Å². The molecule has 0 bridgehead atoms. The molecule has 0 fully saturated rings. The van der Waals surface area contributed by atoms with Crippen LogP contribution in [-0.2, 0) is 4.79 Å². The Labute approximate surface area is 85.5 Å². The lowest BCUT2D eigenvalue weighted by Crippen LogP contribution is -2.05. The number of amides is 1. The number of phenols is 1. The molecule has 0 radical (unpaired) electrons. The molecule has 0 aliphatic carbocycles. The molecule has 5 nitrogen and oxygen atoms in total. The molecular formula is C10H9NO4. The highest BCUT2D eigenvalue weighted by Crippen LogP contribution is 2.19. The number of benzene rings is 1. The quantitative estimate of drug-likeness (QED) is 0.631. The molecular weight excluding hydrogens is 198 g/mol. The Kier molecular flexibility index (Phi) is 3.07. The van der Waals surface area contributed by atoms with Crippen molar-refractivity contribution < 1.29 is 19.8 Å². The predicted octanol–water partition coefficient (Wildman–Crippen LogP) is 0.589. The van der Waals surface area contributed by atoms with Gasteiger partial charge in [-0.2, -0.15) is 0 Å². The fraction of sp³-hybridized carbons (Fsp3) is 0. The van der Waals surface area contributed by atoms with Gasteiger partial charge in [0, 0.05) is 6.08 Å². The van der Waals surface area contributed by atoms with E-state index in [-0.39, 0.29) is 11.3 Å². The monoisotopic (exact) mass is 207 g/mol. The van der Waals surface area contributed by atoms with E-state index in [1.165, 1.54) is 24.3 Å². The van der Waals surface area contributed by atoms with Crippen LogP contribution in [0, 0.1) is 0 Å². The summed E-state index contributed by atoms with van der Waals surface area (Å²) in [5.41, 5.74) is 5.13. The van der Waals surface area contributed by atoms with Gasteiger partial charge in [0.15, 0.2) is 0 Å². The number of carboxylic acid groups (broad SMARTS) is 1. The summed E-state index contributed by atoms with van der Waals surface area (Å²) in [5.74, 6) is -2.18. The Morgan fingerprint density at radius 2 is 2.00 bits per heavy atom. The summed E-state index contributed by atoms with van der Waals surface area (Å²) in [7, 11) is 0. The maximum absolute atomic E-state index is 10.6. The first-order valence-corrected chi connectivity index (χ1v) is 4.04. The van der Waals surface area contributed by atoms with E-state index in [4.69, 9.17) is 10.8 Å². The number of aromatic carboxylic acids is 1. The molecule has 0 unspecified atom stereocenters. The van der Waals surface area contributed by atoms with Crippen LogP contribution >= 0.6 is 0 Å². The van der Waals surface area contributed by atoms with Crippen molar-refractivity contribution in [3.05, 3.63) is 35.4 Å². The zero-order chi connectivity index (χ0) is 11.4. The van der Waals surface area contributed by atoms with E-state index in [0.717, 1.165) is 6.08 Å². The normalized spacial score (nSPS) is 10.4. The lowest BCUT2D eigenvalue weighted by Gasteiger charge is -2.00. The molecule has 1 amide bonds. The minimum absolute atomic E-state index is 0.221. The first kappa shape index (κ1) is 10.8. The Morgan fingerprint density at radius 1 is 1.33 bits per heavy atom. The molecule has 4 N–H and O–H groups in total. The van der Waals surface area contributed by atoms with Crippen molar-refractivity contribution >= 4 is 18.0 Å². The zero-order valence-corrected chi connectivity index (χ0v) is 7.68. The average molecular weight is 207 g/mol. The number of carbonyl (C=O) groups is 2. The first-order valence-electron chi connectivity index (χ1n) is 4.04. The standard InChI is InChI=1S/C10H9NO4/c11-9(13)4-2-6-1-3-8(12)7(5-6)10(14)15/h1-5,12H,(H2,11,13)(H,14,15). The van der Waals surface area contributed by atoms with Gasteiger partial charge < -0.3 is 15.9 Å². The molecule has 15 heavy (non-hydrogen) atoms. The van der Waals surface area contributed by atoms with Crippen LogP contribution in [0.1, 0.15) is 15.9 Å². The van der Waals surface area contributed by atoms with Crippen molar-refractivity contribution in [1.29, 1.82) is 0 Å². The van der Waals surface area contributed by atoms with Crippen LogP contribution in [0.25, 0.3) is 6.08 Å². The van der Waals surface area contributed by atoms with E-state index in [9.17, 15) is 14.7 Å². The van der Waals surface area contributed by atoms with Gasteiger partial charge in [0.05, 0.1) is 0 Å². The Morgan fingerprint density at radius 3 is 2.53 bits per heavy atom. The number of hydrogen-bond acceptors (Lipinski definition) is 3. The van der Waals surface area contributed by atoms with Crippen molar-refractivity contribution in [2.75, 3.05) is 0 Å². The van der Waals surface area contributed by atoms with Crippen LogP contribution < -0.4 is 5.73 Å². The highest BCUT2D eigenvalue weighted by Gasteiger charge is 2.08. The summed E-state index contributed by atoms with van der Waals surface area (Å²) in [4.78, 5) is 21.1. The second-order valence-corrected chi connectivity index (χ2v) is 2.82. The topological polar surface area (TPSA) is 101 Å². The molecule has 0 aliphatic heterocycles. The summed E-state index contributed by atoms with van der Waals surface area (Å²) < 4.78 is 0. The number of primary amides is 1. The summed E-state index contributed by atoms with van der Waals surface area (Å²) >= 11 is 0. The Bertz CT molecular complexity index is 437. The average Bonchev–Trinajstić information content (AvgIpc) is 2.16. The van der Waals surface area contributed by atoms with E-state index < -0.39 is 11.9 Å². The third-order valence-corrected chi connectivity index (χ3v) is 1.69.